The summed E-state index contributed by atoms with van der Waals surface area (Å²) in [6, 6.07) is 0. The van der Waals surface area contributed by atoms with E-state index in [0.717, 1.165) is 25.2 Å². The molecule has 1 aliphatic carbocycles. The first-order valence-electron chi connectivity index (χ1n) is 4.43. The third kappa shape index (κ3) is 1.81. The molecule has 1 fully saturated rings. The van der Waals surface area contributed by atoms with Gasteiger partial charge in [-0.2, -0.15) is 13.2 Å². The van der Waals surface area contributed by atoms with E-state index in [2.05, 4.69) is 9.97 Å². The van der Waals surface area contributed by atoms with E-state index in [0.29, 0.717) is 5.69 Å². The number of hydrogen-bond acceptors (Lipinski definition) is 3. The Kier molecular flexibility index (Phi) is 2.18. The summed E-state index contributed by atoms with van der Waals surface area (Å²) in [4.78, 5) is 7.08. The zero-order valence-electron chi connectivity index (χ0n) is 8.01. The van der Waals surface area contributed by atoms with Gasteiger partial charge in [0, 0.05) is 7.11 Å². The van der Waals surface area contributed by atoms with E-state index in [4.69, 9.17) is 4.74 Å². The molecule has 0 unspecified atom stereocenters. The summed E-state index contributed by atoms with van der Waals surface area (Å²) in [6.07, 6.45) is -0.990. The van der Waals surface area contributed by atoms with Gasteiger partial charge in [0.1, 0.15) is 5.60 Å². The first kappa shape index (κ1) is 10.4. The second-order valence-electron chi connectivity index (χ2n) is 3.48. The van der Waals surface area contributed by atoms with Crippen LogP contribution in [0.1, 0.15) is 24.2 Å². The normalized spacial score (nSPS) is 18.9. The quantitative estimate of drug-likeness (QED) is 0.762. The maximum absolute atomic E-state index is 12.2. The average Bonchev–Trinajstić information content (AvgIpc) is 2.97. The fourth-order valence-corrected chi connectivity index (χ4v) is 1.39. The molecular formula is C9H9F3N2O. The summed E-state index contributed by atoms with van der Waals surface area (Å²) < 4.78 is 41.7. The van der Waals surface area contributed by atoms with Crippen molar-refractivity contribution in [3.63, 3.8) is 0 Å². The lowest BCUT2D eigenvalue weighted by Crippen LogP contribution is -2.15. The molecule has 0 spiro atoms. The van der Waals surface area contributed by atoms with Gasteiger partial charge in [0.15, 0.2) is 5.69 Å². The van der Waals surface area contributed by atoms with Crippen LogP contribution in [0.2, 0.25) is 0 Å². The van der Waals surface area contributed by atoms with Crippen LogP contribution in [0.15, 0.2) is 12.4 Å². The Morgan fingerprint density at radius 1 is 1.27 bits per heavy atom. The molecular weight excluding hydrogens is 209 g/mol. The molecule has 82 valence electrons. The molecule has 0 aliphatic heterocycles. The first-order chi connectivity index (χ1) is 6.98. The Hall–Kier alpha value is -1.17. The van der Waals surface area contributed by atoms with Crippen molar-refractivity contribution in [2.24, 2.45) is 0 Å². The molecule has 1 aromatic heterocycles. The first-order valence-corrected chi connectivity index (χ1v) is 4.43. The van der Waals surface area contributed by atoms with Crippen LogP contribution in [0, 0.1) is 0 Å². The van der Waals surface area contributed by atoms with Crippen molar-refractivity contribution >= 4 is 0 Å². The van der Waals surface area contributed by atoms with E-state index in [1.807, 2.05) is 0 Å². The molecule has 1 heterocycles. The van der Waals surface area contributed by atoms with Gasteiger partial charge in [0.25, 0.3) is 0 Å². The predicted molar refractivity (Wildman–Crippen MR) is 45.0 cm³/mol. The number of halogens is 3. The molecule has 0 saturated heterocycles. The van der Waals surface area contributed by atoms with E-state index in [1.54, 1.807) is 0 Å². The lowest BCUT2D eigenvalue weighted by Gasteiger charge is -2.12. The molecule has 3 nitrogen and oxygen atoms in total. The van der Waals surface area contributed by atoms with Crippen molar-refractivity contribution in [2.45, 2.75) is 24.6 Å². The van der Waals surface area contributed by atoms with Crippen molar-refractivity contribution in [1.29, 1.82) is 0 Å². The number of ether oxygens (including phenoxy) is 1. The maximum Gasteiger partial charge on any atom is 0.434 e. The highest BCUT2D eigenvalue weighted by Gasteiger charge is 2.47. The molecule has 2 rings (SSSR count). The molecule has 0 atom stereocenters. The van der Waals surface area contributed by atoms with Crippen molar-refractivity contribution in [2.75, 3.05) is 7.11 Å². The Bertz CT molecular complexity index is 357. The van der Waals surface area contributed by atoms with Gasteiger partial charge in [-0.05, 0) is 12.8 Å². The molecule has 0 bridgehead atoms. The third-order valence-electron chi connectivity index (χ3n) is 2.50. The van der Waals surface area contributed by atoms with E-state index < -0.39 is 17.5 Å². The lowest BCUT2D eigenvalue weighted by molar-refractivity contribution is -0.141. The monoisotopic (exact) mass is 218 g/mol. The molecule has 0 radical (unpaired) electrons. The second-order valence-corrected chi connectivity index (χ2v) is 3.48. The summed E-state index contributed by atoms with van der Waals surface area (Å²) >= 11 is 0. The van der Waals surface area contributed by atoms with Crippen molar-refractivity contribution in [3.8, 4) is 0 Å². The van der Waals surface area contributed by atoms with Gasteiger partial charge < -0.3 is 4.74 Å². The molecule has 0 N–H and O–H groups in total. The molecule has 1 saturated carbocycles. The van der Waals surface area contributed by atoms with Crippen LogP contribution in [-0.4, -0.2) is 17.1 Å². The van der Waals surface area contributed by atoms with Gasteiger partial charge in [0.05, 0.1) is 18.1 Å². The molecule has 0 amide bonds. The largest absolute Gasteiger partial charge is 0.434 e. The molecule has 1 aromatic rings. The van der Waals surface area contributed by atoms with E-state index in [9.17, 15) is 13.2 Å². The van der Waals surface area contributed by atoms with E-state index in [1.165, 1.54) is 7.11 Å². The van der Waals surface area contributed by atoms with Crippen LogP contribution < -0.4 is 0 Å². The average molecular weight is 218 g/mol. The van der Waals surface area contributed by atoms with Gasteiger partial charge in [-0.1, -0.05) is 0 Å². The summed E-state index contributed by atoms with van der Waals surface area (Å²) in [5.41, 5.74) is -0.993. The summed E-state index contributed by atoms with van der Waals surface area (Å²) in [5.74, 6) is 0. The van der Waals surface area contributed by atoms with Gasteiger partial charge >= 0.3 is 6.18 Å². The minimum absolute atomic E-state index is 0.470. The topological polar surface area (TPSA) is 35.0 Å². The fourth-order valence-electron chi connectivity index (χ4n) is 1.39. The van der Waals surface area contributed by atoms with E-state index in [-0.39, 0.29) is 0 Å². The van der Waals surface area contributed by atoms with Crippen molar-refractivity contribution in [1.82, 2.24) is 9.97 Å². The number of methoxy groups -OCH3 is 1. The van der Waals surface area contributed by atoms with Crippen molar-refractivity contribution < 1.29 is 17.9 Å². The number of nitrogens with zero attached hydrogens (tertiary/aromatic N) is 2. The second kappa shape index (κ2) is 3.16. The SMILES string of the molecule is COC1(c2cnc(C(F)(F)F)cn2)CC1. The molecule has 6 heteroatoms. The van der Waals surface area contributed by atoms with Crippen LogP contribution in [0.3, 0.4) is 0 Å². The zero-order valence-corrected chi connectivity index (χ0v) is 8.01. The van der Waals surface area contributed by atoms with Gasteiger partial charge in [0.2, 0.25) is 0 Å². The lowest BCUT2D eigenvalue weighted by atomic mass is 10.2. The standard InChI is InChI=1S/C9H9F3N2O/c1-15-8(2-3-8)6-4-14-7(5-13-6)9(10,11)12/h4-5H,2-3H2,1H3. The summed E-state index contributed by atoms with van der Waals surface area (Å²) in [5, 5.41) is 0. The van der Waals surface area contributed by atoms with Crippen molar-refractivity contribution in [3.05, 3.63) is 23.8 Å². The fraction of sp³-hybridized carbons (Fsp3) is 0.556. The molecule has 15 heavy (non-hydrogen) atoms. The van der Waals surface area contributed by atoms with Gasteiger partial charge in [-0.3, -0.25) is 4.98 Å². The predicted octanol–water partition coefficient (Wildman–Crippen LogP) is 2.13. The number of rotatable bonds is 2. The Labute approximate surface area is 84.3 Å². The molecule has 0 aromatic carbocycles. The Balaban J connectivity index is 2.25. The smallest absolute Gasteiger partial charge is 0.372 e. The van der Waals surface area contributed by atoms with Crippen LogP contribution in [-0.2, 0) is 16.5 Å². The highest BCUT2D eigenvalue weighted by Crippen LogP contribution is 2.47. The summed E-state index contributed by atoms with van der Waals surface area (Å²) in [6.45, 7) is 0. The maximum atomic E-state index is 12.2. The van der Waals surface area contributed by atoms with Crippen LogP contribution >= 0.6 is 0 Å². The Morgan fingerprint density at radius 2 is 1.93 bits per heavy atom. The van der Waals surface area contributed by atoms with E-state index >= 15 is 0 Å². The number of aromatic nitrogens is 2. The minimum atomic E-state index is -4.44. The number of hydrogen-bond donors (Lipinski definition) is 0. The zero-order chi connectivity index (χ0) is 11.1. The summed E-state index contributed by atoms with van der Waals surface area (Å²) in [7, 11) is 1.52. The van der Waals surface area contributed by atoms with Crippen LogP contribution in [0.4, 0.5) is 13.2 Å². The number of alkyl halides is 3. The van der Waals surface area contributed by atoms with Gasteiger partial charge in [-0.15, -0.1) is 0 Å². The van der Waals surface area contributed by atoms with Crippen LogP contribution in [0.25, 0.3) is 0 Å². The van der Waals surface area contributed by atoms with Crippen LogP contribution in [0.5, 0.6) is 0 Å². The Morgan fingerprint density at radius 3 is 2.27 bits per heavy atom. The minimum Gasteiger partial charge on any atom is -0.372 e. The third-order valence-corrected chi connectivity index (χ3v) is 2.50. The highest BCUT2D eigenvalue weighted by molar-refractivity contribution is 5.18. The van der Waals surface area contributed by atoms with Gasteiger partial charge in [-0.25, -0.2) is 4.98 Å². The molecule has 1 aliphatic rings. The highest BCUT2D eigenvalue weighted by atomic mass is 19.4.